The molecule has 21 heavy (non-hydrogen) atoms. The van der Waals surface area contributed by atoms with Crippen molar-refractivity contribution in [2.24, 2.45) is 0 Å². The maximum Gasteiger partial charge on any atom is 0.266 e. The number of fused-ring (bicyclic) bond motifs is 1. The third-order valence-electron chi connectivity index (χ3n) is 3.32. The van der Waals surface area contributed by atoms with Gasteiger partial charge in [0.15, 0.2) is 0 Å². The molecule has 2 rings (SSSR count). The average Bonchev–Trinajstić information content (AvgIpc) is 2.77. The molecule has 0 saturated carbocycles. The summed E-state index contributed by atoms with van der Waals surface area (Å²) in [4.78, 5) is 15.1. The Bertz CT molecular complexity index is 654. The lowest BCUT2D eigenvalue weighted by atomic mass is 10.2. The molecule has 0 spiro atoms. The Morgan fingerprint density at radius 1 is 1.48 bits per heavy atom. The number of carbonyl (C=O) groups excluding carboxylic acids is 1. The Kier molecular flexibility index (Phi) is 5.08. The molecule has 2 N–H and O–H groups in total. The zero-order valence-electron chi connectivity index (χ0n) is 12.4. The first kappa shape index (κ1) is 16.1. The summed E-state index contributed by atoms with van der Waals surface area (Å²) in [5.41, 5.74) is 6.62. The number of hydrogen-bond acceptors (Lipinski definition) is 4. The normalized spacial score (nSPS) is 11.3. The van der Waals surface area contributed by atoms with Gasteiger partial charge in [0.25, 0.3) is 5.91 Å². The minimum absolute atomic E-state index is 0.0724. The Labute approximate surface area is 133 Å². The van der Waals surface area contributed by atoms with Gasteiger partial charge >= 0.3 is 0 Å². The topological polar surface area (TPSA) is 55.6 Å². The highest BCUT2D eigenvalue weighted by molar-refractivity contribution is 7.21. The molecule has 2 aromatic rings. The van der Waals surface area contributed by atoms with Crippen LogP contribution in [0.15, 0.2) is 18.2 Å². The van der Waals surface area contributed by atoms with E-state index in [1.54, 1.807) is 18.1 Å². The summed E-state index contributed by atoms with van der Waals surface area (Å²) in [7, 11) is 1.62. The Balaban J connectivity index is 2.42. The second kappa shape index (κ2) is 6.64. The van der Waals surface area contributed by atoms with E-state index in [0.29, 0.717) is 28.7 Å². The molecule has 0 saturated heterocycles. The molecule has 0 bridgehead atoms. The first-order chi connectivity index (χ1) is 9.97. The van der Waals surface area contributed by atoms with Crippen molar-refractivity contribution in [3.05, 3.63) is 28.1 Å². The van der Waals surface area contributed by atoms with E-state index in [2.05, 4.69) is 0 Å². The quantitative estimate of drug-likeness (QED) is 0.912. The number of amides is 1. The summed E-state index contributed by atoms with van der Waals surface area (Å²) in [5.74, 6) is -0.0724. The number of nitrogens with two attached hydrogens (primary N) is 1. The standard InChI is InChI=1S/C15H19ClN2O2S/c1-9(2)18(7-8-20-3)15(19)14-13(17)12-10(16)5-4-6-11(12)21-14/h4-6,9H,7-8,17H2,1-3H3. The fourth-order valence-corrected chi connectivity index (χ4v) is 3.64. The van der Waals surface area contributed by atoms with Crippen LogP contribution in [0.5, 0.6) is 0 Å². The molecular weight excluding hydrogens is 308 g/mol. The highest BCUT2D eigenvalue weighted by Crippen LogP contribution is 2.38. The maximum absolute atomic E-state index is 12.8. The van der Waals surface area contributed by atoms with E-state index < -0.39 is 0 Å². The van der Waals surface area contributed by atoms with Crippen LogP contribution >= 0.6 is 22.9 Å². The van der Waals surface area contributed by atoms with Crippen LogP contribution in [0.1, 0.15) is 23.5 Å². The van der Waals surface area contributed by atoms with Crippen LogP contribution in [-0.2, 0) is 4.74 Å². The van der Waals surface area contributed by atoms with Gasteiger partial charge in [-0.25, -0.2) is 0 Å². The molecule has 0 aliphatic carbocycles. The number of rotatable bonds is 5. The Morgan fingerprint density at radius 2 is 2.19 bits per heavy atom. The molecule has 0 radical (unpaired) electrons. The van der Waals surface area contributed by atoms with Gasteiger partial charge < -0.3 is 15.4 Å². The van der Waals surface area contributed by atoms with Gasteiger partial charge in [-0.2, -0.15) is 0 Å². The second-order valence-electron chi connectivity index (χ2n) is 5.04. The first-order valence-corrected chi connectivity index (χ1v) is 7.93. The van der Waals surface area contributed by atoms with E-state index in [0.717, 1.165) is 10.1 Å². The van der Waals surface area contributed by atoms with E-state index in [1.165, 1.54) is 11.3 Å². The first-order valence-electron chi connectivity index (χ1n) is 6.73. The minimum atomic E-state index is -0.0724. The van der Waals surface area contributed by atoms with Gasteiger partial charge in [-0.1, -0.05) is 17.7 Å². The molecule has 0 aliphatic heterocycles. The van der Waals surface area contributed by atoms with Crippen molar-refractivity contribution in [3.63, 3.8) is 0 Å². The van der Waals surface area contributed by atoms with Gasteiger partial charge in [0.2, 0.25) is 0 Å². The molecule has 4 nitrogen and oxygen atoms in total. The molecule has 1 aromatic heterocycles. The van der Waals surface area contributed by atoms with Crippen LogP contribution < -0.4 is 5.73 Å². The molecular formula is C15H19ClN2O2S. The third kappa shape index (κ3) is 3.15. The largest absolute Gasteiger partial charge is 0.397 e. The monoisotopic (exact) mass is 326 g/mol. The highest BCUT2D eigenvalue weighted by atomic mass is 35.5. The predicted octanol–water partition coefficient (Wildman–Crippen LogP) is 3.63. The number of methoxy groups -OCH3 is 1. The van der Waals surface area contributed by atoms with Gasteiger partial charge in [-0.3, -0.25) is 4.79 Å². The summed E-state index contributed by atoms with van der Waals surface area (Å²) in [6.07, 6.45) is 0. The van der Waals surface area contributed by atoms with E-state index in [-0.39, 0.29) is 11.9 Å². The molecule has 0 aliphatic rings. The van der Waals surface area contributed by atoms with Crippen molar-refractivity contribution in [1.29, 1.82) is 0 Å². The third-order valence-corrected chi connectivity index (χ3v) is 4.79. The Hall–Kier alpha value is -1.30. The molecule has 0 fully saturated rings. The highest BCUT2D eigenvalue weighted by Gasteiger charge is 2.24. The van der Waals surface area contributed by atoms with Crippen LogP contribution in [0, 0.1) is 0 Å². The van der Waals surface area contributed by atoms with Crippen LogP contribution in [0.4, 0.5) is 5.69 Å². The Morgan fingerprint density at radius 3 is 2.76 bits per heavy atom. The van der Waals surface area contributed by atoms with Crippen molar-refractivity contribution in [3.8, 4) is 0 Å². The summed E-state index contributed by atoms with van der Waals surface area (Å²) >= 11 is 7.57. The predicted molar refractivity (Wildman–Crippen MR) is 89.3 cm³/mol. The number of benzene rings is 1. The van der Waals surface area contributed by atoms with Crippen LogP contribution in [-0.4, -0.2) is 37.1 Å². The van der Waals surface area contributed by atoms with Crippen molar-refractivity contribution >= 4 is 44.6 Å². The fraction of sp³-hybridized carbons (Fsp3) is 0.400. The van der Waals surface area contributed by atoms with Crippen LogP contribution in [0.3, 0.4) is 0 Å². The van der Waals surface area contributed by atoms with Crippen molar-refractivity contribution in [1.82, 2.24) is 4.90 Å². The van der Waals surface area contributed by atoms with Crippen LogP contribution in [0.2, 0.25) is 5.02 Å². The summed E-state index contributed by atoms with van der Waals surface area (Å²) in [6.45, 7) is 4.98. The van der Waals surface area contributed by atoms with Crippen molar-refractivity contribution < 1.29 is 9.53 Å². The van der Waals surface area contributed by atoms with Gasteiger partial charge in [0, 0.05) is 29.8 Å². The average molecular weight is 327 g/mol. The number of ether oxygens (including phenoxy) is 1. The number of carbonyl (C=O) groups is 1. The lowest BCUT2D eigenvalue weighted by Crippen LogP contribution is -2.39. The second-order valence-corrected chi connectivity index (χ2v) is 6.50. The number of hydrogen-bond donors (Lipinski definition) is 1. The van der Waals surface area contributed by atoms with E-state index in [1.807, 2.05) is 26.0 Å². The maximum atomic E-state index is 12.8. The van der Waals surface area contributed by atoms with Gasteiger partial charge in [0.1, 0.15) is 4.88 Å². The number of anilines is 1. The molecule has 1 aromatic carbocycles. The smallest absolute Gasteiger partial charge is 0.266 e. The van der Waals surface area contributed by atoms with Gasteiger partial charge in [-0.05, 0) is 26.0 Å². The summed E-state index contributed by atoms with van der Waals surface area (Å²) in [6, 6.07) is 5.65. The fourth-order valence-electron chi connectivity index (χ4n) is 2.20. The molecule has 0 atom stereocenters. The molecule has 0 unspecified atom stereocenters. The van der Waals surface area contributed by atoms with Gasteiger partial charge in [-0.15, -0.1) is 11.3 Å². The van der Waals surface area contributed by atoms with E-state index >= 15 is 0 Å². The number of nitrogens with zero attached hydrogens (tertiary/aromatic N) is 1. The van der Waals surface area contributed by atoms with Crippen molar-refractivity contribution in [2.75, 3.05) is 26.0 Å². The SMILES string of the molecule is COCCN(C(=O)c1sc2cccc(Cl)c2c1N)C(C)C. The zero-order chi connectivity index (χ0) is 15.6. The van der Waals surface area contributed by atoms with E-state index in [9.17, 15) is 4.79 Å². The number of halogens is 1. The molecule has 1 heterocycles. The lowest BCUT2D eigenvalue weighted by molar-refractivity contribution is 0.0641. The number of nitrogen functional groups attached to an aromatic ring is 1. The lowest BCUT2D eigenvalue weighted by Gasteiger charge is -2.26. The minimum Gasteiger partial charge on any atom is -0.397 e. The number of thiophene rings is 1. The molecule has 6 heteroatoms. The summed E-state index contributed by atoms with van der Waals surface area (Å²) in [5, 5.41) is 1.34. The van der Waals surface area contributed by atoms with Gasteiger partial charge in [0.05, 0.1) is 17.3 Å². The van der Waals surface area contributed by atoms with Crippen molar-refractivity contribution in [2.45, 2.75) is 19.9 Å². The summed E-state index contributed by atoms with van der Waals surface area (Å²) < 4.78 is 6.00. The zero-order valence-corrected chi connectivity index (χ0v) is 13.9. The molecule has 114 valence electrons. The van der Waals surface area contributed by atoms with Crippen LogP contribution in [0.25, 0.3) is 10.1 Å². The van der Waals surface area contributed by atoms with E-state index in [4.69, 9.17) is 22.1 Å². The molecule has 1 amide bonds.